The maximum Gasteiger partial charge on any atom is 0.269 e. The van der Waals surface area contributed by atoms with Crippen molar-refractivity contribution in [2.75, 3.05) is 6.54 Å². The molecule has 0 aliphatic heterocycles. The lowest BCUT2D eigenvalue weighted by Gasteiger charge is -2.04. The average Bonchev–Trinajstić information content (AvgIpc) is 2.80. The van der Waals surface area contributed by atoms with Crippen molar-refractivity contribution in [3.05, 3.63) is 39.7 Å². The van der Waals surface area contributed by atoms with E-state index in [0.29, 0.717) is 12.1 Å². The highest BCUT2D eigenvalue weighted by Crippen LogP contribution is 2.64. The molecule has 0 bridgehead atoms. The maximum atomic E-state index is 13.7. The summed E-state index contributed by atoms with van der Waals surface area (Å²) >= 11 is 0. The van der Waals surface area contributed by atoms with Crippen molar-refractivity contribution in [3.8, 4) is 0 Å². The topological polar surface area (TPSA) is 69.2 Å². The summed E-state index contributed by atoms with van der Waals surface area (Å²) in [5, 5.41) is 10.7. The summed E-state index contributed by atoms with van der Waals surface area (Å²) in [4.78, 5) is 10.2. The van der Waals surface area contributed by atoms with E-state index in [9.17, 15) is 14.5 Å². The number of non-ortho nitro benzene ring substituents is 1. The maximum absolute atomic E-state index is 13.7. The lowest BCUT2D eigenvalue weighted by atomic mass is 10.0. The van der Waals surface area contributed by atoms with Crippen LogP contribution < -0.4 is 5.73 Å². The zero-order chi connectivity index (χ0) is 12.8. The molecule has 5 heteroatoms. The van der Waals surface area contributed by atoms with Crippen molar-refractivity contribution in [1.29, 1.82) is 0 Å². The Balaban J connectivity index is 2.40. The molecule has 0 saturated heterocycles. The van der Waals surface area contributed by atoms with Crippen LogP contribution in [0.4, 0.5) is 10.1 Å². The van der Waals surface area contributed by atoms with Crippen molar-refractivity contribution >= 4 is 5.69 Å². The molecule has 2 atom stereocenters. The van der Waals surface area contributed by atoms with E-state index in [0.717, 1.165) is 6.07 Å². The van der Waals surface area contributed by atoms with Gasteiger partial charge in [-0.05, 0) is 35.4 Å². The number of hydrogen-bond acceptors (Lipinski definition) is 3. The van der Waals surface area contributed by atoms with Gasteiger partial charge in [0.25, 0.3) is 5.69 Å². The third kappa shape index (κ3) is 1.80. The number of nitro groups is 1. The molecule has 1 aromatic rings. The van der Waals surface area contributed by atoms with Gasteiger partial charge in [0, 0.05) is 12.1 Å². The van der Waals surface area contributed by atoms with Gasteiger partial charge in [-0.2, -0.15) is 0 Å². The van der Waals surface area contributed by atoms with Crippen LogP contribution >= 0.6 is 0 Å². The molecule has 1 aliphatic rings. The molecular formula is C12H15FN2O2. The molecule has 1 aromatic carbocycles. The summed E-state index contributed by atoms with van der Waals surface area (Å²) in [5.41, 5.74) is 5.90. The van der Waals surface area contributed by atoms with Crippen LogP contribution in [-0.2, 0) is 0 Å². The number of nitrogens with zero attached hydrogens (tertiary/aromatic N) is 1. The van der Waals surface area contributed by atoms with Gasteiger partial charge in [-0.15, -0.1) is 0 Å². The molecular weight excluding hydrogens is 223 g/mol. The van der Waals surface area contributed by atoms with E-state index in [4.69, 9.17) is 5.73 Å². The third-order valence-corrected chi connectivity index (χ3v) is 3.83. The van der Waals surface area contributed by atoms with E-state index in [-0.39, 0.29) is 28.8 Å². The highest BCUT2D eigenvalue weighted by Gasteiger charge is 2.58. The number of nitro benzene ring substituents is 1. The van der Waals surface area contributed by atoms with E-state index in [1.807, 2.05) is 13.8 Å². The van der Waals surface area contributed by atoms with Crippen LogP contribution in [0.3, 0.4) is 0 Å². The van der Waals surface area contributed by atoms with Crippen LogP contribution in [0.25, 0.3) is 0 Å². The zero-order valence-corrected chi connectivity index (χ0v) is 9.81. The van der Waals surface area contributed by atoms with E-state index >= 15 is 0 Å². The highest BCUT2D eigenvalue weighted by molar-refractivity contribution is 5.41. The summed E-state index contributed by atoms with van der Waals surface area (Å²) in [6.07, 6.45) is 0. The first kappa shape index (κ1) is 12.0. The van der Waals surface area contributed by atoms with Gasteiger partial charge in [-0.3, -0.25) is 10.1 Å². The Labute approximate surface area is 98.8 Å². The minimum absolute atomic E-state index is 0.0209. The molecule has 1 saturated carbocycles. The van der Waals surface area contributed by atoms with E-state index in [1.54, 1.807) is 0 Å². The lowest BCUT2D eigenvalue weighted by Crippen LogP contribution is -2.05. The monoisotopic (exact) mass is 238 g/mol. The number of hydrogen-bond donors (Lipinski definition) is 1. The van der Waals surface area contributed by atoms with Gasteiger partial charge in [0.05, 0.1) is 4.92 Å². The van der Waals surface area contributed by atoms with Gasteiger partial charge in [-0.1, -0.05) is 13.8 Å². The van der Waals surface area contributed by atoms with Crippen LogP contribution in [0.1, 0.15) is 25.3 Å². The van der Waals surface area contributed by atoms with Crippen molar-refractivity contribution in [2.45, 2.75) is 19.8 Å². The zero-order valence-electron chi connectivity index (χ0n) is 9.81. The Kier molecular flexibility index (Phi) is 2.66. The predicted molar refractivity (Wildman–Crippen MR) is 62.1 cm³/mol. The summed E-state index contributed by atoms with van der Waals surface area (Å²) in [5.74, 6) is -0.212. The molecule has 1 aliphatic carbocycles. The second-order valence-electron chi connectivity index (χ2n) is 5.10. The summed E-state index contributed by atoms with van der Waals surface area (Å²) in [7, 11) is 0. The third-order valence-electron chi connectivity index (χ3n) is 3.83. The SMILES string of the molecule is CC1(C)C(CN)C1c1cc([N+](=O)[O-])ccc1F. The first-order valence-electron chi connectivity index (χ1n) is 5.53. The minimum atomic E-state index is -0.504. The Morgan fingerprint density at radius 3 is 2.65 bits per heavy atom. The predicted octanol–water partition coefficient (Wildman–Crippen LogP) is 2.43. The summed E-state index contributed by atoms with van der Waals surface area (Å²) < 4.78 is 13.7. The normalized spacial score (nSPS) is 25.6. The van der Waals surface area contributed by atoms with E-state index in [2.05, 4.69) is 0 Å². The van der Waals surface area contributed by atoms with Crippen LogP contribution in [0.15, 0.2) is 18.2 Å². The second-order valence-corrected chi connectivity index (χ2v) is 5.10. The van der Waals surface area contributed by atoms with Crippen molar-refractivity contribution < 1.29 is 9.31 Å². The summed E-state index contributed by atoms with van der Waals surface area (Å²) in [6.45, 7) is 4.49. The molecule has 4 nitrogen and oxygen atoms in total. The molecule has 92 valence electrons. The fourth-order valence-electron chi connectivity index (χ4n) is 2.68. The Bertz CT molecular complexity index is 474. The quantitative estimate of drug-likeness (QED) is 0.649. The van der Waals surface area contributed by atoms with Crippen LogP contribution in [-0.4, -0.2) is 11.5 Å². The van der Waals surface area contributed by atoms with Gasteiger partial charge < -0.3 is 5.73 Å². The highest BCUT2D eigenvalue weighted by atomic mass is 19.1. The molecule has 2 unspecified atom stereocenters. The Morgan fingerprint density at radius 2 is 2.18 bits per heavy atom. The van der Waals surface area contributed by atoms with Gasteiger partial charge in [0.15, 0.2) is 0 Å². The fourth-order valence-corrected chi connectivity index (χ4v) is 2.68. The van der Waals surface area contributed by atoms with Gasteiger partial charge in [0.1, 0.15) is 5.82 Å². The first-order chi connectivity index (χ1) is 7.89. The molecule has 0 aromatic heterocycles. The fraction of sp³-hybridized carbons (Fsp3) is 0.500. The summed E-state index contributed by atoms with van der Waals surface area (Å²) in [6, 6.07) is 3.68. The number of halogens is 1. The van der Waals surface area contributed by atoms with Crippen LogP contribution in [0, 0.1) is 27.3 Å². The number of nitrogens with two attached hydrogens (primary N) is 1. The Hall–Kier alpha value is -1.49. The lowest BCUT2D eigenvalue weighted by molar-refractivity contribution is -0.385. The molecule has 1 fully saturated rings. The molecule has 2 rings (SSSR count). The van der Waals surface area contributed by atoms with Crippen LogP contribution in [0.2, 0.25) is 0 Å². The minimum Gasteiger partial charge on any atom is -0.330 e. The average molecular weight is 238 g/mol. The molecule has 0 radical (unpaired) electrons. The first-order valence-corrected chi connectivity index (χ1v) is 5.53. The van der Waals surface area contributed by atoms with E-state index < -0.39 is 4.92 Å². The molecule has 0 amide bonds. The molecule has 17 heavy (non-hydrogen) atoms. The number of benzene rings is 1. The smallest absolute Gasteiger partial charge is 0.269 e. The molecule has 2 N–H and O–H groups in total. The van der Waals surface area contributed by atoms with Crippen molar-refractivity contribution in [2.24, 2.45) is 17.1 Å². The van der Waals surface area contributed by atoms with E-state index in [1.165, 1.54) is 12.1 Å². The van der Waals surface area contributed by atoms with Gasteiger partial charge >= 0.3 is 0 Å². The van der Waals surface area contributed by atoms with Crippen molar-refractivity contribution in [1.82, 2.24) is 0 Å². The second kappa shape index (κ2) is 3.77. The molecule has 0 spiro atoms. The van der Waals surface area contributed by atoms with Crippen LogP contribution in [0.5, 0.6) is 0 Å². The van der Waals surface area contributed by atoms with Gasteiger partial charge in [0.2, 0.25) is 0 Å². The standard InChI is InChI=1S/C12H15FN2O2/c1-12(2)9(6-14)11(12)8-5-7(15(16)17)3-4-10(8)13/h3-5,9,11H,6,14H2,1-2H3. The van der Waals surface area contributed by atoms with Crippen molar-refractivity contribution in [3.63, 3.8) is 0 Å². The van der Waals surface area contributed by atoms with Gasteiger partial charge in [-0.25, -0.2) is 4.39 Å². The largest absolute Gasteiger partial charge is 0.330 e. The number of rotatable bonds is 3. The molecule has 0 heterocycles. The Morgan fingerprint density at radius 1 is 1.53 bits per heavy atom.